The lowest BCUT2D eigenvalue weighted by atomic mass is 10.1. The van der Waals surface area contributed by atoms with Gasteiger partial charge in [0, 0.05) is 26.4 Å². The van der Waals surface area contributed by atoms with Crippen LogP contribution in [0, 0.1) is 0 Å². The number of rotatable bonds is 4. The van der Waals surface area contributed by atoms with Crippen molar-refractivity contribution in [3.05, 3.63) is 22.8 Å². The predicted molar refractivity (Wildman–Crippen MR) is 77.6 cm³/mol. The van der Waals surface area contributed by atoms with Crippen molar-refractivity contribution in [2.75, 3.05) is 25.6 Å². The highest BCUT2D eigenvalue weighted by atomic mass is 35.5. The fourth-order valence-corrected chi connectivity index (χ4v) is 2.44. The third kappa shape index (κ3) is 3.59. The fourth-order valence-electron chi connectivity index (χ4n) is 2.22. The maximum absolute atomic E-state index is 12.3. The lowest BCUT2D eigenvalue weighted by Gasteiger charge is -2.27. The largest absolute Gasteiger partial charge is 0.376 e. The third-order valence-electron chi connectivity index (χ3n) is 3.32. The minimum Gasteiger partial charge on any atom is -0.376 e. The first kappa shape index (κ1) is 15.0. The molecule has 1 atom stereocenters. The fraction of sp³-hybridized carbons (Fsp3) is 0.538. The molecule has 6 nitrogen and oxygen atoms in total. The summed E-state index contributed by atoms with van der Waals surface area (Å²) in [5.41, 5.74) is 2.81. The van der Waals surface area contributed by atoms with Gasteiger partial charge in [-0.1, -0.05) is 11.6 Å². The highest BCUT2D eigenvalue weighted by molar-refractivity contribution is 6.33. The molecule has 1 amide bonds. The Balaban J connectivity index is 2.00. The van der Waals surface area contributed by atoms with E-state index in [0.717, 1.165) is 25.9 Å². The first-order chi connectivity index (χ1) is 9.61. The van der Waals surface area contributed by atoms with Gasteiger partial charge in [-0.05, 0) is 25.3 Å². The average Bonchev–Trinajstić information content (AvgIpc) is 2.47. The van der Waals surface area contributed by atoms with E-state index in [2.05, 4.69) is 10.4 Å². The van der Waals surface area contributed by atoms with E-state index in [1.807, 2.05) is 0 Å². The van der Waals surface area contributed by atoms with Crippen LogP contribution in [-0.2, 0) is 4.74 Å². The summed E-state index contributed by atoms with van der Waals surface area (Å²) in [5, 5.41) is 0.320. The van der Waals surface area contributed by atoms with Gasteiger partial charge in [0.05, 0.1) is 16.7 Å². The maximum atomic E-state index is 12.3. The number of anilines is 1. The van der Waals surface area contributed by atoms with E-state index in [4.69, 9.17) is 22.2 Å². The molecule has 1 saturated heterocycles. The molecule has 1 aliphatic heterocycles. The molecule has 110 valence electrons. The number of likely N-dealkylation sites (N-methyl/N-ethyl adjacent to an activating group) is 1. The van der Waals surface area contributed by atoms with Crippen molar-refractivity contribution in [1.82, 2.24) is 9.88 Å². The van der Waals surface area contributed by atoms with E-state index < -0.39 is 0 Å². The van der Waals surface area contributed by atoms with Crippen LogP contribution >= 0.6 is 11.6 Å². The van der Waals surface area contributed by atoms with Crippen LogP contribution in [0.4, 0.5) is 5.82 Å². The number of carbonyl (C=O) groups is 1. The van der Waals surface area contributed by atoms with Crippen LogP contribution in [0.25, 0.3) is 0 Å². The standard InChI is InChI=1S/C13H19ClN4O2/c1-18(8-10-4-2-3-5-20-10)13(19)9-6-11(14)12(17-15)16-7-9/h6-7,10H,2-5,8,15H2,1H3,(H,16,17). The van der Waals surface area contributed by atoms with Crippen molar-refractivity contribution < 1.29 is 9.53 Å². The summed E-state index contributed by atoms with van der Waals surface area (Å²) < 4.78 is 5.63. The molecular weight excluding hydrogens is 280 g/mol. The Morgan fingerprint density at radius 1 is 1.65 bits per heavy atom. The Bertz CT molecular complexity index is 477. The number of amides is 1. The molecule has 20 heavy (non-hydrogen) atoms. The van der Waals surface area contributed by atoms with Crippen molar-refractivity contribution in [1.29, 1.82) is 0 Å². The van der Waals surface area contributed by atoms with Gasteiger partial charge in [0.15, 0.2) is 5.82 Å². The smallest absolute Gasteiger partial charge is 0.255 e. The molecule has 7 heteroatoms. The molecule has 1 fully saturated rings. The molecule has 0 saturated carbocycles. The second-order valence-corrected chi connectivity index (χ2v) is 5.28. The first-order valence-corrected chi connectivity index (χ1v) is 6.99. The Labute approximate surface area is 123 Å². The summed E-state index contributed by atoms with van der Waals surface area (Å²) in [6.45, 7) is 1.35. The van der Waals surface area contributed by atoms with Crippen LogP contribution in [0.5, 0.6) is 0 Å². The number of hydrogen-bond acceptors (Lipinski definition) is 5. The highest BCUT2D eigenvalue weighted by Crippen LogP contribution is 2.20. The number of nitrogens with zero attached hydrogens (tertiary/aromatic N) is 2. The van der Waals surface area contributed by atoms with E-state index in [-0.39, 0.29) is 12.0 Å². The molecule has 3 N–H and O–H groups in total. The lowest BCUT2D eigenvalue weighted by Crippen LogP contribution is -2.37. The summed E-state index contributed by atoms with van der Waals surface area (Å²) in [4.78, 5) is 17.9. The molecule has 0 spiro atoms. The second-order valence-electron chi connectivity index (χ2n) is 4.87. The maximum Gasteiger partial charge on any atom is 0.255 e. The average molecular weight is 299 g/mol. The predicted octanol–water partition coefficient (Wildman–Crippen LogP) is 1.66. The zero-order chi connectivity index (χ0) is 14.5. The minimum absolute atomic E-state index is 0.117. The van der Waals surface area contributed by atoms with Crippen LogP contribution < -0.4 is 11.3 Å². The van der Waals surface area contributed by atoms with E-state index in [1.165, 1.54) is 6.20 Å². The number of nitrogen functional groups attached to an aromatic ring is 1. The molecule has 2 heterocycles. The van der Waals surface area contributed by atoms with Crippen LogP contribution in [-0.4, -0.2) is 42.1 Å². The van der Waals surface area contributed by atoms with Gasteiger partial charge in [0.1, 0.15) is 0 Å². The van der Waals surface area contributed by atoms with Crippen molar-refractivity contribution in [2.45, 2.75) is 25.4 Å². The second kappa shape index (κ2) is 6.88. The Kier molecular flexibility index (Phi) is 5.17. The molecule has 1 aromatic rings. The Morgan fingerprint density at radius 2 is 2.45 bits per heavy atom. The molecule has 1 unspecified atom stereocenters. The van der Waals surface area contributed by atoms with Gasteiger partial charge in [-0.15, -0.1) is 0 Å². The number of nitrogens with two attached hydrogens (primary N) is 1. The Morgan fingerprint density at radius 3 is 3.05 bits per heavy atom. The molecule has 0 bridgehead atoms. The molecule has 1 aromatic heterocycles. The molecule has 0 aliphatic carbocycles. The quantitative estimate of drug-likeness (QED) is 0.653. The number of nitrogens with one attached hydrogen (secondary N) is 1. The van der Waals surface area contributed by atoms with Crippen molar-refractivity contribution in [2.24, 2.45) is 5.84 Å². The highest BCUT2D eigenvalue weighted by Gasteiger charge is 2.20. The molecular formula is C13H19ClN4O2. The summed E-state index contributed by atoms with van der Waals surface area (Å²) in [6.07, 6.45) is 4.82. The van der Waals surface area contributed by atoms with Crippen LogP contribution in [0.3, 0.4) is 0 Å². The molecule has 1 aliphatic rings. The van der Waals surface area contributed by atoms with Crippen LogP contribution in [0.2, 0.25) is 5.02 Å². The number of aromatic nitrogens is 1. The monoisotopic (exact) mass is 298 g/mol. The zero-order valence-corrected chi connectivity index (χ0v) is 12.2. The molecule has 0 radical (unpaired) electrons. The first-order valence-electron chi connectivity index (χ1n) is 6.61. The van der Waals surface area contributed by atoms with Crippen molar-refractivity contribution in [3.63, 3.8) is 0 Å². The summed E-state index contributed by atoms with van der Waals surface area (Å²) in [5.74, 6) is 5.47. The number of hydrogen-bond donors (Lipinski definition) is 2. The number of ether oxygens (including phenoxy) is 1. The van der Waals surface area contributed by atoms with Gasteiger partial charge in [-0.2, -0.15) is 0 Å². The van der Waals surface area contributed by atoms with Gasteiger partial charge in [0.25, 0.3) is 5.91 Å². The normalized spacial score (nSPS) is 18.6. The number of pyridine rings is 1. The summed E-state index contributed by atoms with van der Waals surface area (Å²) >= 11 is 5.97. The van der Waals surface area contributed by atoms with Crippen LogP contribution in [0.1, 0.15) is 29.6 Å². The van der Waals surface area contributed by atoms with E-state index >= 15 is 0 Å². The van der Waals surface area contributed by atoms with E-state index in [0.29, 0.717) is 22.9 Å². The van der Waals surface area contributed by atoms with E-state index in [9.17, 15) is 4.79 Å². The topological polar surface area (TPSA) is 80.5 Å². The summed E-state index contributed by atoms with van der Waals surface area (Å²) in [7, 11) is 1.75. The molecule has 0 aromatic carbocycles. The zero-order valence-electron chi connectivity index (χ0n) is 11.4. The van der Waals surface area contributed by atoms with Gasteiger partial charge < -0.3 is 15.1 Å². The van der Waals surface area contributed by atoms with Gasteiger partial charge in [-0.3, -0.25) is 4.79 Å². The van der Waals surface area contributed by atoms with Crippen molar-refractivity contribution in [3.8, 4) is 0 Å². The van der Waals surface area contributed by atoms with Crippen molar-refractivity contribution >= 4 is 23.3 Å². The third-order valence-corrected chi connectivity index (χ3v) is 3.61. The minimum atomic E-state index is -0.128. The Hall–Kier alpha value is -1.37. The van der Waals surface area contributed by atoms with E-state index in [1.54, 1.807) is 18.0 Å². The number of hydrazine groups is 1. The van der Waals surface area contributed by atoms with Crippen LogP contribution in [0.15, 0.2) is 12.3 Å². The summed E-state index contributed by atoms with van der Waals surface area (Å²) in [6, 6.07) is 1.56. The number of carbonyl (C=O) groups excluding carboxylic acids is 1. The SMILES string of the molecule is CN(CC1CCCCO1)C(=O)c1cnc(NN)c(Cl)c1. The lowest BCUT2D eigenvalue weighted by molar-refractivity contribution is -0.000194. The van der Waals surface area contributed by atoms with Gasteiger partial charge >= 0.3 is 0 Å². The molecule has 2 rings (SSSR count). The van der Waals surface area contributed by atoms with Gasteiger partial charge in [-0.25, -0.2) is 10.8 Å². The van der Waals surface area contributed by atoms with Gasteiger partial charge in [0.2, 0.25) is 0 Å². The number of halogens is 1.